The number of para-hydroxylation sites is 1. The summed E-state index contributed by atoms with van der Waals surface area (Å²) in [5, 5.41) is 14.5. The molecule has 2 heterocycles. The number of likely N-dealkylation sites (tertiary alicyclic amines) is 1. The van der Waals surface area contributed by atoms with Crippen molar-refractivity contribution < 1.29 is 13.3 Å². The predicted molar refractivity (Wildman–Crippen MR) is 119 cm³/mol. The van der Waals surface area contributed by atoms with E-state index in [0.29, 0.717) is 12.3 Å². The maximum Gasteiger partial charge on any atom is 0.238 e. The molecular weight excluding hydrogens is 418 g/mol. The van der Waals surface area contributed by atoms with Gasteiger partial charge in [-0.3, -0.25) is 10.6 Å². The molecule has 10 nitrogen and oxygen atoms in total. The van der Waals surface area contributed by atoms with Crippen LogP contribution >= 0.6 is 0 Å². The number of hydrazone groups is 1. The molecule has 0 aromatic heterocycles. The summed E-state index contributed by atoms with van der Waals surface area (Å²) in [6.45, 7) is 3.54. The number of benzene rings is 2. The summed E-state index contributed by atoms with van der Waals surface area (Å²) >= 11 is 0. The lowest BCUT2D eigenvalue weighted by Crippen LogP contribution is -2.55. The van der Waals surface area contributed by atoms with Gasteiger partial charge in [0.25, 0.3) is 0 Å². The zero-order valence-electron chi connectivity index (χ0n) is 17.1. The summed E-state index contributed by atoms with van der Waals surface area (Å²) in [6.07, 6.45) is 3.35. The van der Waals surface area contributed by atoms with Crippen molar-refractivity contribution in [3.63, 3.8) is 0 Å². The Kier molecular flexibility index (Phi) is 6.39. The fourth-order valence-corrected chi connectivity index (χ4v) is 4.13. The maximum atomic E-state index is 11.5. The zero-order chi connectivity index (χ0) is 21.8. The van der Waals surface area contributed by atoms with Crippen LogP contribution in [0, 0.1) is 0 Å². The van der Waals surface area contributed by atoms with E-state index in [1.807, 2.05) is 30.3 Å². The first-order chi connectivity index (χ1) is 14.9. The Hall–Kier alpha value is -2.70. The van der Waals surface area contributed by atoms with Crippen molar-refractivity contribution >= 4 is 27.7 Å². The Balaban J connectivity index is 1.48. The van der Waals surface area contributed by atoms with Gasteiger partial charge in [-0.05, 0) is 62.3 Å². The second-order valence-corrected chi connectivity index (χ2v) is 8.96. The average molecular weight is 446 g/mol. The quantitative estimate of drug-likeness (QED) is 0.580. The Bertz CT molecular complexity index is 995. The lowest BCUT2D eigenvalue weighted by atomic mass is 10.3. The molecule has 0 bridgehead atoms. The van der Waals surface area contributed by atoms with Gasteiger partial charge >= 0.3 is 0 Å². The van der Waals surface area contributed by atoms with Crippen LogP contribution in [0.15, 0.2) is 64.6 Å². The van der Waals surface area contributed by atoms with Crippen molar-refractivity contribution in [3.05, 3.63) is 54.6 Å². The first kappa shape index (κ1) is 21.5. The van der Waals surface area contributed by atoms with Gasteiger partial charge in [0, 0.05) is 6.54 Å². The van der Waals surface area contributed by atoms with E-state index in [1.165, 1.54) is 25.0 Å². The SMILES string of the molecule is NC1N(c2ccc(S(N)(=O)=O)cc2)N=CN1N(OCCN1CCCC1)c1ccccc1. The molecular formula is C20H27N7O3S. The van der Waals surface area contributed by atoms with Crippen LogP contribution in [0.5, 0.6) is 0 Å². The van der Waals surface area contributed by atoms with E-state index in [2.05, 4.69) is 10.0 Å². The first-order valence-electron chi connectivity index (χ1n) is 10.1. The Labute approximate surface area is 182 Å². The van der Waals surface area contributed by atoms with Crippen molar-refractivity contribution in [1.82, 2.24) is 9.91 Å². The highest BCUT2D eigenvalue weighted by molar-refractivity contribution is 7.89. The van der Waals surface area contributed by atoms with E-state index in [4.69, 9.17) is 15.7 Å². The number of nitrogens with two attached hydrogens (primary N) is 2. The molecule has 0 spiro atoms. The van der Waals surface area contributed by atoms with Gasteiger partial charge in [-0.25, -0.2) is 23.6 Å². The highest BCUT2D eigenvalue weighted by Crippen LogP contribution is 2.26. The van der Waals surface area contributed by atoms with Gasteiger partial charge in [-0.1, -0.05) is 18.2 Å². The first-order valence-corrected chi connectivity index (χ1v) is 11.7. The number of nitrogens with zero attached hydrogens (tertiary/aromatic N) is 5. The van der Waals surface area contributed by atoms with Crippen LogP contribution in [0.1, 0.15) is 12.8 Å². The highest BCUT2D eigenvalue weighted by Gasteiger charge is 2.31. The molecule has 1 saturated heterocycles. The Morgan fingerprint density at radius 3 is 2.39 bits per heavy atom. The summed E-state index contributed by atoms with van der Waals surface area (Å²) in [6, 6.07) is 15.7. The van der Waals surface area contributed by atoms with Crippen molar-refractivity contribution in [2.24, 2.45) is 16.0 Å². The van der Waals surface area contributed by atoms with Crippen LogP contribution in [-0.2, 0) is 14.9 Å². The topological polar surface area (TPSA) is 121 Å². The molecule has 31 heavy (non-hydrogen) atoms. The van der Waals surface area contributed by atoms with Gasteiger partial charge in [-0.2, -0.15) is 10.3 Å². The highest BCUT2D eigenvalue weighted by atomic mass is 32.2. The van der Waals surface area contributed by atoms with Crippen LogP contribution in [0.4, 0.5) is 11.4 Å². The number of anilines is 2. The van der Waals surface area contributed by atoms with Crippen molar-refractivity contribution in [1.29, 1.82) is 0 Å². The van der Waals surface area contributed by atoms with E-state index >= 15 is 0 Å². The molecule has 2 aliphatic rings. The standard InChI is InChI=1S/C20H27N7O3S/c21-20-25(16-23-26(20)17-8-10-19(11-9-17)31(22,28)29)27(18-6-2-1-3-7-18)30-15-14-24-12-4-5-13-24/h1-3,6-11,16,20H,4-5,12-15,21H2,(H2,22,28,29). The zero-order valence-corrected chi connectivity index (χ0v) is 17.9. The summed E-state index contributed by atoms with van der Waals surface area (Å²) in [7, 11) is -3.77. The van der Waals surface area contributed by atoms with Crippen LogP contribution < -0.4 is 21.1 Å². The largest absolute Gasteiger partial charge is 0.301 e. The maximum absolute atomic E-state index is 11.5. The monoisotopic (exact) mass is 445 g/mol. The molecule has 2 aliphatic heterocycles. The molecule has 4 rings (SSSR count). The van der Waals surface area contributed by atoms with E-state index in [0.717, 1.165) is 25.3 Å². The molecule has 0 saturated carbocycles. The Morgan fingerprint density at radius 1 is 1.06 bits per heavy atom. The van der Waals surface area contributed by atoms with Crippen LogP contribution in [0.3, 0.4) is 0 Å². The number of primary sulfonamides is 1. The van der Waals surface area contributed by atoms with Crippen LogP contribution in [0.25, 0.3) is 0 Å². The number of hydrogen-bond acceptors (Lipinski definition) is 9. The van der Waals surface area contributed by atoms with Gasteiger partial charge in [0.2, 0.25) is 10.0 Å². The average Bonchev–Trinajstić information content (AvgIpc) is 3.41. The fourth-order valence-electron chi connectivity index (χ4n) is 3.61. The molecule has 0 amide bonds. The van der Waals surface area contributed by atoms with Gasteiger partial charge in [0.05, 0.1) is 22.9 Å². The van der Waals surface area contributed by atoms with Gasteiger partial charge < -0.3 is 4.90 Å². The Morgan fingerprint density at radius 2 is 1.74 bits per heavy atom. The van der Waals surface area contributed by atoms with E-state index < -0.39 is 16.3 Å². The minimum atomic E-state index is -3.77. The lowest BCUT2D eigenvalue weighted by Gasteiger charge is -2.36. The third-order valence-corrected chi connectivity index (χ3v) is 6.18. The molecule has 2 aromatic carbocycles. The second kappa shape index (κ2) is 9.20. The molecule has 1 fully saturated rings. The third-order valence-electron chi connectivity index (χ3n) is 5.25. The molecule has 1 atom stereocenters. The minimum Gasteiger partial charge on any atom is -0.301 e. The predicted octanol–water partition coefficient (Wildman–Crippen LogP) is 1.09. The van der Waals surface area contributed by atoms with Crippen molar-refractivity contribution in [2.45, 2.75) is 24.0 Å². The third kappa shape index (κ3) is 4.97. The summed E-state index contributed by atoms with van der Waals surface area (Å²) in [5.41, 5.74) is 7.91. The molecule has 2 aromatic rings. The number of sulfonamides is 1. The number of hydrazine groups is 1. The van der Waals surface area contributed by atoms with Gasteiger partial charge in [-0.15, -0.1) is 0 Å². The van der Waals surface area contributed by atoms with Gasteiger partial charge in [0.15, 0.2) is 6.29 Å². The number of hydrogen-bond donors (Lipinski definition) is 2. The van der Waals surface area contributed by atoms with Crippen LogP contribution in [-0.4, -0.2) is 57.2 Å². The summed E-state index contributed by atoms with van der Waals surface area (Å²) < 4.78 is 23.0. The van der Waals surface area contributed by atoms with E-state index in [1.54, 1.807) is 33.7 Å². The minimum absolute atomic E-state index is 0.0287. The number of rotatable bonds is 8. The van der Waals surface area contributed by atoms with Crippen molar-refractivity contribution in [2.75, 3.05) is 36.4 Å². The molecule has 4 N–H and O–H groups in total. The van der Waals surface area contributed by atoms with Crippen LogP contribution in [0.2, 0.25) is 0 Å². The molecule has 0 radical (unpaired) electrons. The van der Waals surface area contributed by atoms with Crippen molar-refractivity contribution in [3.8, 4) is 0 Å². The van der Waals surface area contributed by atoms with E-state index in [9.17, 15) is 8.42 Å². The molecule has 166 valence electrons. The summed E-state index contributed by atoms with van der Waals surface area (Å²) in [4.78, 5) is 8.52. The molecule has 11 heteroatoms. The van der Waals surface area contributed by atoms with E-state index in [-0.39, 0.29) is 4.90 Å². The fraction of sp³-hybridized carbons (Fsp3) is 0.350. The van der Waals surface area contributed by atoms with Gasteiger partial charge in [0.1, 0.15) is 6.34 Å². The normalized spacial score (nSPS) is 19.4. The second-order valence-electron chi connectivity index (χ2n) is 7.40. The summed E-state index contributed by atoms with van der Waals surface area (Å²) in [5.74, 6) is 0. The lowest BCUT2D eigenvalue weighted by molar-refractivity contribution is 0.0100. The molecule has 1 unspecified atom stereocenters. The molecule has 0 aliphatic carbocycles. The smallest absolute Gasteiger partial charge is 0.238 e.